The number of benzene rings is 4. The van der Waals surface area contributed by atoms with Crippen LogP contribution in [0.3, 0.4) is 0 Å². The summed E-state index contributed by atoms with van der Waals surface area (Å²) in [6.45, 7) is 0. The van der Waals surface area contributed by atoms with Gasteiger partial charge in [0.05, 0.1) is 5.56 Å². The molecule has 5 heteroatoms. The van der Waals surface area contributed by atoms with E-state index in [4.69, 9.17) is 9.47 Å². The molecule has 0 heterocycles. The number of fused-ring (bicyclic) bond motifs is 1. The van der Waals surface area contributed by atoms with Crippen LogP contribution >= 0.6 is 0 Å². The predicted molar refractivity (Wildman–Crippen MR) is 108 cm³/mol. The van der Waals surface area contributed by atoms with E-state index in [0.29, 0.717) is 11.3 Å². The van der Waals surface area contributed by atoms with Crippen molar-refractivity contribution in [3.63, 3.8) is 0 Å². The Labute approximate surface area is 166 Å². The largest absolute Gasteiger partial charge is 0.508 e. The molecule has 0 aromatic heterocycles. The van der Waals surface area contributed by atoms with Crippen LogP contribution in [0.1, 0.15) is 20.7 Å². The molecule has 4 aromatic carbocycles. The van der Waals surface area contributed by atoms with E-state index in [1.807, 2.05) is 30.3 Å². The number of hydrogen-bond donors (Lipinski definition) is 1. The molecule has 0 radical (unpaired) electrons. The molecule has 142 valence electrons. The van der Waals surface area contributed by atoms with E-state index in [2.05, 4.69) is 0 Å². The number of phenols is 1. The Kier molecular flexibility index (Phi) is 4.95. The summed E-state index contributed by atoms with van der Waals surface area (Å²) in [5, 5.41) is 11.5. The normalized spacial score (nSPS) is 10.5. The van der Waals surface area contributed by atoms with E-state index >= 15 is 0 Å². The van der Waals surface area contributed by atoms with E-state index < -0.39 is 11.9 Å². The molecule has 0 amide bonds. The Balaban J connectivity index is 1.64. The fourth-order valence-electron chi connectivity index (χ4n) is 2.94. The average molecular weight is 384 g/mol. The van der Waals surface area contributed by atoms with Crippen LogP contribution in [0, 0.1) is 0 Å². The van der Waals surface area contributed by atoms with Crippen molar-refractivity contribution in [3.8, 4) is 17.2 Å². The monoisotopic (exact) mass is 384 g/mol. The first-order valence-corrected chi connectivity index (χ1v) is 8.92. The van der Waals surface area contributed by atoms with Crippen LogP contribution in [0.5, 0.6) is 17.2 Å². The quantitative estimate of drug-likeness (QED) is 0.397. The Morgan fingerprint density at radius 3 is 2.17 bits per heavy atom. The lowest BCUT2D eigenvalue weighted by Gasteiger charge is -2.12. The third kappa shape index (κ3) is 3.94. The van der Waals surface area contributed by atoms with Crippen molar-refractivity contribution >= 4 is 22.7 Å². The topological polar surface area (TPSA) is 72.8 Å². The lowest BCUT2D eigenvalue weighted by Crippen LogP contribution is -2.14. The maximum atomic E-state index is 12.8. The molecule has 0 atom stereocenters. The molecule has 0 saturated heterocycles. The molecule has 29 heavy (non-hydrogen) atoms. The Morgan fingerprint density at radius 1 is 0.655 bits per heavy atom. The zero-order valence-corrected chi connectivity index (χ0v) is 15.2. The van der Waals surface area contributed by atoms with Gasteiger partial charge in [-0.1, -0.05) is 54.6 Å². The van der Waals surface area contributed by atoms with E-state index in [-0.39, 0.29) is 17.1 Å². The third-order valence-corrected chi connectivity index (χ3v) is 4.35. The molecule has 0 saturated carbocycles. The van der Waals surface area contributed by atoms with E-state index in [0.717, 1.165) is 10.8 Å². The summed E-state index contributed by atoms with van der Waals surface area (Å²) in [7, 11) is 0. The minimum atomic E-state index is -0.697. The van der Waals surface area contributed by atoms with Crippen molar-refractivity contribution in [3.05, 3.63) is 102 Å². The number of ether oxygens (including phenoxy) is 2. The van der Waals surface area contributed by atoms with Gasteiger partial charge in [0.25, 0.3) is 0 Å². The van der Waals surface area contributed by atoms with E-state index in [9.17, 15) is 14.7 Å². The summed E-state index contributed by atoms with van der Waals surface area (Å²) >= 11 is 0. The van der Waals surface area contributed by atoms with Gasteiger partial charge in [0.1, 0.15) is 22.8 Å². The van der Waals surface area contributed by atoms with Gasteiger partial charge in [-0.05, 0) is 35.7 Å². The molecule has 1 N–H and O–H groups in total. The van der Waals surface area contributed by atoms with Crippen LogP contribution in [0.15, 0.2) is 91.0 Å². The van der Waals surface area contributed by atoms with Gasteiger partial charge in [0.2, 0.25) is 0 Å². The Morgan fingerprint density at radius 2 is 1.34 bits per heavy atom. The zero-order chi connectivity index (χ0) is 20.2. The zero-order valence-electron chi connectivity index (χ0n) is 15.2. The van der Waals surface area contributed by atoms with Gasteiger partial charge >= 0.3 is 11.9 Å². The molecule has 5 nitrogen and oxygen atoms in total. The lowest BCUT2D eigenvalue weighted by molar-refractivity contribution is 0.0708. The van der Waals surface area contributed by atoms with Crippen molar-refractivity contribution in [1.82, 2.24) is 0 Å². The molecule has 4 aromatic rings. The van der Waals surface area contributed by atoms with Crippen LogP contribution in [-0.2, 0) is 0 Å². The second kappa shape index (κ2) is 7.86. The summed E-state index contributed by atoms with van der Waals surface area (Å²) in [4.78, 5) is 25.2. The number of esters is 2. The van der Waals surface area contributed by atoms with Gasteiger partial charge in [0.15, 0.2) is 0 Å². The number of carbonyl (C=O) groups excluding carboxylic acids is 2. The second-order valence-corrected chi connectivity index (χ2v) is 6.30. The van der Waals surface area contributed by atoms with Gasteiger partial charge in [-0.15, -0.1) is 0 Å². The van der Waals surface area contributed by atoms with Gasteiger partial charge in [-0.2, -0.15) is 0 Å². The number of phenolic OH excluding ortho intramolecular Hbond substituents is 1. The first-order chi connectivity index (χ1) is 14.1. The molecule has 0 fully saturated rings. The van der Waals surface area contributed by atoms with Crippen molar-refractivity contribution in [2.45, 2.75) is 0 Å². The summed E-state index contributed by atoms with van der Waals surface area (Å²) in [5.41, 5.74) is 0.351. The summed E-state index contributed by atoms with van der Waals surface area (Å²) < 4.78 is 10.9. The fourth-order valence-corrected chi connectivity index (χ4v) is 2.94. The predicted octanol–water partition coefficient (Wildman–Crippen LogP) is 4.98. The molecule has 4 rings (SSSR count). The smallest absolute Gasteiger partial charge is 0.347 e. The molecule has 0 unspecified atom stereocenters. The fraction of sp³-hybridized carbons (Fsp3) is 0. The Hall–Kier alpha value is -4.12. The molecular formula is C24H16O5. The van der Waals surface area contributed by atoms with Gasteiger partial charge in [-0.3, -0.25) is 0 Å². The maximum Gasteiger partial charge on any atom is 0.347 e. The van der Waals surface area contributed by atoms with Crippen molar-refractivity contribution in [1.29, 1.82) is 0 Å². The molecular weight excluding hydrogens is 368 g/mol. The Bertz CT molecular complexity index is 1190. The lowest BCUT2D eigenvalue weighted by atomic mass is 10.1. The first-order valence-electron chi connectivity index (χ1n) is 8.92. The minimum Gasteiger partial charge on any atom is -0.508 e. The maximum absolute atomic E-state index is 12.8. The molecule has 0 aliphatic heterocycles. The average Bonchev–Trinajstić information content (AvgIpc) is 2.74. The van der Waals surface area contributed by atoms with Crippen LogP contribution in [0.2, 0.25) is 0 Å². The first kappa shape index (κ1) is 18.3. The molecule has 0 bridgehead atoms. The van der Waals surface area contributed by atoms with Crippen LogP contribution in [0.4, 0.5) is 0 Å². The SMILES string of the molecule is O=C(Oc1cc(O)ccc1C(=O)Oc1cccc2ccccc12)c1ccccc1. The number of rotatable bonds is 4. The van der Waals surface area contributed by atoms with E-state index in [1.54, 1.807) is 42.5 Å². The van der Waals surface area contributed by atoms with Crippen LogP contribution < -0.4 is 9.47 Å². The standard InChI is InChI=1S/C24H16O5/c25-18-13-14-20(22(15-18)29-23(26)17-8-2-1-3-9-17)24(27)28-21-12-6-10-16-7-4-5-11-19(16)21/h1-15,25H. The highest BCUT2D eigenvalue weighted by molar-refractivity contribution is 5.99. The van der Waals surface area contributed by atoms with Gasteiger partial charge in [-0.25, -0.2) is 9.59 Å². The summed E-state index contributed by atoms with van der Waals surface area (Å²) in [5.74, 6) is -1.17. The summed E-state index contributed by atoms with van der Waals surface area (Å²) in [6.07, 6.45) is 0. The molecule has 0 aliphatic carbocycles. The number of carbonyl (C=O) groups is 2. The highest BCUT2D eigenvalue weighted by Crippen LogP contribution is 2.29. The third-order valence-electron chi connectivity index (χ3n) is 4.35. The van der Waals surface area contributed by atoms with Crippen molar-refractivity contribution < 1.29 is 24.2 Å². The minimum absolute atomic E-state index is 0.0278. The van der Waals surface area contributed by atoms with Gasteiger partial charge in [0, 0.05) is 11.5 Å². The number of aromatic hydroxyl groups is 1. The van der Waals surface area contributed by atoms with E-state index in [1.165, 1.54) is 18.2 Å². The van der Waals surface area contributed by atoms with Crippen LogP contribution in [0.25, 0.3) is 10.8 Å². The van der Waals surface area contributed by atoms with Crippen molar-refractivity contribution in [2.24, 2.45) is 0 Å². The van der Waals surface area contributed by atoms with Crippen molar-refractivity contribution in [2.75, 3.05) is 0 Å². The van der Waals surface area contributed by atoms with Crippen LogP contribution in [-0.4, -0.2) is 17.0 Å². The highest BCUT2D eigenvalue weighted by atomic mass is 16.5. The second-order valence-electron chi connectivity index (χ2n) is 6.30. The summed E-state index contributed by atoms with van der Waals surface area (Å²) in [6, 6.07) is 25.2. The molecule has 0 aliphatic rings. The number of hydrogen-bond acceptors (Lipinski definition) is 5. The molecule has 0 spiro atoms. The highest BCUT2D eigenvalue weighted by Gasteiger charge is 2.20. The van der Waals surface area contributed by atoms with Gasteiger partial charge < -0.3 is 14.6 Å².